The number of rotatable bonds is 6. The molecule has 3 unspecified atom stereocenters. The number of esters is 1. The van der Waals surface area contributed by atoms with Gasteiger partial charge < -0.3 is 20.1 Å². The number of H-pyrrole nitrogens is 1. The highest BCUT2D eigenvalue weighted by Crippen LogP contribution is 2.41. The summed E-state index contributed by atoms with van der Waals surface area (Å²) in [5.41, 5.74) is 6.46. The van der Waals surface area contributed by atoms with Gasteiger partial charge in [0.1, 0.15) is 6.10 Å². The first-order chi connectivity index (χ1) is 12.9. The first-order valence-corrected chi connectivity index (χ1v) is 9.13. The number of hydrogen-bond donors (Lipinski definition) is 3. The van der Waals surface area contributed by atoms with Crippen LogP contribution in [0, 0.1) is 11.8 Å². The molecule has 4 N–H and O–H groups in total. The molecule has 2 heterocycles. The number of anilines is 1. The summed E-state index contributed by atoms with van der Waals surface area (Å²) in [6.45, 7) is 7.80. The first-order valence-electron chi connectivity index (χ1n) is 9.13. The number of carbonyl (C=O) groups excluding carboxylic acids is 1. The van der Waals surface area contributed by atoms with E-state index in [9.17, 15) is 14.7 Å². The maximum atomic E-state index is 12.4. The second-order valence-electron chi connectivity index (χ2n) is 6.88. The molecule has 9 heteroatoms. The number of nitrogens with one attached hydrogen (secondary N) is 1. The van der Waals surface area contributed by atoms with Gasteiger partial charge in [0.2, 0.25) is 5.95 Å². The van der Waals surface area contributed by atoms with Crippen molar-refractivity contribution in [3.05, 3.63) is 28.8 Å². The van der Waals surface area contributed by atoms with Gasteiger partial charge in [0.25, 0.3) is 5.56 Å². The highest BCUT2D eigenvalue weighted by molar-refractivity contribution is 5.73. The number of aliphatic hydroxyl groups is 1. The van der Waals surface area contributed by atoms with Crippen molar-refractivity contribution < 1.29 is 14.6 Å². The van der Waals surface area contributed by atoms with Gasteiger partial charge in [0, 0.05) is 12.3 Å². The summed E-state index contributed by atoms with van der Waals surface area (Å²) >= 11 is 0. The van der Waals surface area contributed by atoms with Gasteiger partial charge in [0.05, 0.1) is 24.9 Å². The Morgan fingerprint density at radius 2 is 2.22 bits per heavy atom. The van der Waals surface area contributed by atoms with Crippen molar-refractivity contribution in [1.29, 1.82) is 0 Å². The fraction of sp³-hybridized carbons (Fsp3) is 0.556. The van der Waals surface area contributed by atoms with E-state index in [1.807, 2.05) is 13.8 Å². The Bertz CT molecular complexity index is 914. The average molecular weight is 375 g/mol. The summed E-state index contributed by atoms with van der Waals surface area (Å²) in [6.07, 6.45) is 2.85. The van der Waals surface area contributed by atoms with Gasteiger partial charge in [-0.3, -0.25) is 14.6 Å². The molecule has 0 aliphatic heterocycles. The number of imidazole rings is 1. The van der Waals surface area contributed by atoms with E-state index in [0.717, 1.165) is 0 Å². The SMILES string of the molecule is C=C1C(CO)C(OC(=O)C(CC)CC)CC1n1cnc2c(=O)[nH]c(N)nc21. The molecule has 2 aromatic rings. The number of aliphatic hydroxyl groups excluding tert-OH is 1. The molecule has 0 spiro atoms. The van der Waals surface area contributed by atoms with Gasteiger partial charge in [-0.05, 0) is 18.4 Å². The number of carbonyl (C=O) groups is 1. The smallest absolute Gasteiger partial charge is 0.309 e. The number of aromatic nitrogens is 4. The third kappa shape index (κ3) is 3.34. The normalized spacial score (nSPS) is 22.7. The van der Waals surface area contributed by atoms with E-state index in [4.69, 9.17) is 10.5 Å². The minimum absolute atomic E-state index is 0.00622. The molecule has 1 aliphatic rings. The lowest BCUT2D eigenvalue weighted by Crippen LogP contribution is -2.28. The maximum Gasteiger partial charge on any atom is 0.309 e. The quantitative estimate of drug-likeness (QED) is 0.509. The van der Waals surface area contributed by atoms with Gasteiger partial charge in [-0.1, -0.05) is 20.4 Å². The Morgan fingerprint density at radius 3 is 2.85 bits per heavy atom. The van der Waals surface area contributed by atoms with E-state index in [2.05, 4.69) is 21.5 Å². The lowest BCUT2D eigenvalue weighted by atomic mass is 10.0. The number of fused-ring (bicyclic) bond motifs is 1. The maximum absolute atomic E-state index is 12.4. The van der Waals surface area contributed by atoms with E-state index in [1.165, 1.54) is 6.33 Å². The summed E-state index contributed by atoms with van der Waals surface area (Å²) in [5, 5.41) is 9.82. The van der Waals surface area contributed by atoms with Crippen LogP contribution < -0.4 is 11.3 Å². The van der Waals surface area contributed by atoms with Crippen LogP contribution in [0.25, 0.3) is 11.2 Å². The molecule has 0 radical (unpaired) electrons. The van der Waals surface area contributed by atoms with Crippen molar-refractivity contribution in [3.8, 4) is 0 Å². The number of nitrogens with two attached hydrogens (primary N) is 1. The highest BCUT2D eigenvalue weighted by atomic mass is 16.5. The van der Waals surface area contributed by atoms with Gasteiger partial charge in [-0.15, -0.1) is 0 Å². The summed E-state index contributed by atoms with van der Waals surface area (Å²) in [5.74, 6) is -0.810. The molecule has 1 aliphatic carbocycles. The minimum atomic E-state index is -0.489. The third-order valence-electron chi connectivity index (χ3n) is 5.38. The number of nitrogen functional groups attached to an aromatic ring is 1. The van der Waals surface area contributed by atoms with E-state index >= 15 is 0 Å². The standard InChI is InChI=1S/C18H25N5O4/c1-4-10(5-2)17(26)27-13-6-12(9(3)11(13)7-24)23-8-20-14-15(23)21-18(19)22-16(14)25/h8,10-13,24H,3-7H2,1-2H3,(H3,19,21,22,25). The number of nitrogens with zero attached hydrogens (tertiary/aromatic N) is 3. The van der Waals surface area contributed by atoms with E-state index < -0.39 is 11.7 Å². The number of hydrogen-bond acceptors (Lipinski definition) is 7. The molecule has 146 valence electrons. The Labute approximate surface area is 156 Å². The van der Waals surface area contributed by atoms with Crippen LogP contribution in [0.3, 0.4) is 0 Å². The zero-order valence-corrected chi connectivity index (χ0v) is 15.5. The zero-order chi connectivity index (χ0) is 19.7. The minimum Gasteiger partial charge on any atom is -0.461 e. The third-order valence-corrected chi connectivity index (χ3v) is 5.38. The van der Waals surface area contributed by atoms with Crippen LogP contribution in [-0.4, -0.2) is 43.3 Å². The van der Waals surface area contributed by atoms with Crippen molar-refractivity contribution in [2.24, 2.45) is 11.8 Å². The number of ether oxygens (including phenoxy) is 1. The van der Waals surface area contributed by atoms with Gasteiger partial charge in [-0.2, -0.15) is 4.98 Å². The Hall–Kier alpha value is -2.68. The molecule has 2 aromatic heterocycles. The topological polar surface area (TPSA) is 136 Å². The van der Waals surface area contributed by atoms with Crippen molar-refractivity contribution in [1.82, 2.24) is 19.5 Å². The average Bonchev–Trinajstić information content (AvgIpc) is 3.17. The second-order valence-corrected chi connectivity index (χ2v) is 6.88. The molecule has 1 saturated carbocycles. The Morgan fingerprint density at radius 1 is 1.52 bits per heavy atom. The zero-order valence-electron chi connectivity index (χ0n) is 15.5. The first kappa shape index (κ1) is 19.1. The van der Waals surface area contributed by atoms with Gasteiger partial charge >= 0.3 is 5.97 Å². The molecule has 0 aromatic carbocycles. The summed E-state index contributed by atoms with van der Waals surface area (Å²) < 4.78 is 7.42. The van der Waals surface area contributed by atoms with Crippen LogP contribution >= 0.6 is 0 Å². The Kier molecular flexibility index (Phi) is 5.31. The molecule has 9 nitrogen and oxygen atoms in total. The van der Waals surface area contributed by atoms with Crippen LogP contribution in [0.4, 0.5) is 5.95 Å². The molecule has 0 bridgehead atoms. The molecule has 3 rings (SSSR count). The van der Waals surface area contributed by atoms with Gasteiger partial charge in [-0.25, -0.2) is 4.98 Å². The van der Waals surface area contributed by atoms with Crippen molar-refractivity contribution in [3.63, 3.8) is 0 Å². The lowest BCUT2D eigenvalue weighted by Gasteiger charge is -2.21. The molecule has 1 fully saturated rings. The van der Waals surface area contributed by atoms with Gasteiger partial charge in [0.15, 0.2) is 11.2 Å². The summed E-state index contributed by atoms with van der Waals surface area (Å²) in [6, 6.07) is -0.305. The monoisotopic (exact) mass is 375 g/mol. The van der Waals surface area contributed by atoms with E-state index in [0.29, 0.717) is 30.5 Å². The summed E-state index contributed by atoms with van der Waals surface area (Å²) in [4.78, 5) is 35.1. The number of aromatic amines is 1. The molecular formula is C18H25N5O4. The second kappa shape index (κ2) is 7.51. The van der Waals surface area contributed by atoms with Crippen LogP contribution in [0.5, 0.6) is 0 Å². The van der Waals surface area contributed by atoms with E-state index in [1.54, 1.807) is 4.57 Å². The van der Waals surface area contributed by atoms with Crippen LogP contribution in [0.1, 0.15) is 39.2 Å². The summed E-state index contributed by atoms with van der Waals surface area (Å²) in [7, 11) is 0. The highest BCUT2D eigenvalue weighted by Gasteiger charge is 2.41. The largest absolute Gasteiger partial charge is 0.461 e. The molecule has 3 atom stereocenters. The lowest BCUT2D eigenvalue weighted by molar-refractivity contribution is -0.156. The van der Waals surface area contributed by atoms with Crippen LogP contribution in [0.15, 0.2) is 23.3 Å². The van der Waals surface area contributed by atoms with Crippen molar-refractivity contribution >= 4 is 23.1 Å². The fourth-order valence-corrected chi connectivity index (χ4v) is 3.72. The van der Waals surface area contributed by atoms with Crippen LogP contribution in [0.2, 0.25) is 0 Å². The fourth-order valence-electron chi connectivity index (χ4n) is 3.72. The molecule has 27 heavy (non-hydrogen) atoms. The molecule has 0 amide bonds. The predicted molar refractivity (Wildman–Crippen MR) is 99.9 cm³/mol. The van der Waals surface area contributed by atoms with E-state index in [-0.39, 0.29) is 41.9 Å². The molecule has 0 saturated heterocycles. The van der Waals surface area contributed by atoms with Crippen molar-refractivity contribution in [2.75, 3.05) is 12.3 Å². The Balaban J connectivity index is 1.91. The predicted octanol–water partition coefficient (Wildman–Crippen LogP) is 1.16. The van der Waals surface area contributed by atoms with Crippen molar-refractivity contribution in [2.45, 2.75) is 45.3 Å². The van der Waals surface area contributed by atoms with Crippen LogP contribution in [-0.2, 0) is 9.53 Å². The molecular weight excluding hydrogens is 350 g/mol.